The summed E-state index contributed by atoms with van der Waals surface area (Å²) < 4.78 is 11.1. The zero-order chi connectivity index (χ0) is 18.1. The van der Waals surface area contributed by atoms with E-state index in [0.29, 0.717) is 35.6 Å². The number of hydrogen-bond acceptors (Lipinski definition) is 4. The summed E-state index contributed by atoms with van der Waals surface area (Å²) in [6.07, 6.45) is 3.68. The number of nitrogens with zero attached hydrogens (tertiary/aromatic N) is 1. The third kappa shape index (κ3) is 3.11. The van der Waals surface area contributed by atoms with E-state index in [2.05, 4.69) is 4.98 Å². The summed E-state index contributed by atoms with van der Waals surface area (Å²) in [5.74, 6) is 0.490. The van der Waals surface area contributed by atoms with E-state index in [0.717, 1.165) is 16.9 Å². The van der Waals surface area contributed by atoms with Gasteiger partial charge in [-0.3, -0.25) is 0 Å². The molecule has 2 heterocycles. The minimum Gasteiger partial charge on any atom is -0.486 e. The molecule has 1 aliphatic rings. The van der Waals surface area contributed by atoms with Gasteiger partial charge in [-0.1, -0.05) is 23.8 Å². The number of carbonyl (C=O) groups is 1. The number of hydrogen-bond donors (Lipinski definition) is 1. The largest absolute Gasteiger partial charge is 0.486 e. The van der Waals surface area contributed by atoms with Gasteiger partial charge in [0.1, 0.15) is 13.2 Å². The molecule has 0 radical (unpaired) electrons. The molecule has 5 nitrogen and oxygen atoms in total. The maximum Gasteiger partial charge on any atom is 0.336 e. The van der Waals surface area contributed by atoms with Crippen LogP contribution >= 0.6 is 0 Å². The van der Waals surface area contributed by atoms with Crippen LogP contribution in [0.2, 0.25) is 0 Å². The Labute approximate surface area is 150 Å². The number of rotatable bonds is 3. The van der Waals surface area contributed by atoms with Crippen molar-refractivity contribution >= 4 is 29.0 Å². The summed E-state index contributed by atoms with van der Waals surface area (Å²) >= 11 is 0. The molecule has 0 unspecified atom stereocenters. The van der Waals surface area contributed by atoms with E-state index in [9.17, 15) is 9.90 Å². The van der Waals surface area contributed by atoms with Crippen molar-refractivity contribution in [2.75, 3.05) is 13.2 Å². The van der Waals surface area contributed by atoms with Gasteiger partial charge in [0.25, 0.3) is 0 Å². The molecule has 5 heteroatoms. The fourth-order valence-corrected chi connectivity index (χ4v) is 2.97. The van der Waals surface area contributed by atoms with Gasteiger partial charge in [-0.15, -0.1) is 0 Å². The lowest BCUT2D eigenvalue weighted by Gasteiger charge is -2.18. The van der Waals surface area contributed by atoms with Crippen LogP contribution in [0.4, 0.5) is 0 Å². The molecule has 1 aromatic heterocycles. The summed E-state index contributed by atoms with van der Waals surface area (Å²) in [6.45, 7) is 3.02. The van der Waals surface area contributed by atoms with Crippen LogP contribution < -0.4 is 9.47 Å². The maximum absolute atomic E-state index is 11.6. The zero-order valence-electron chi connectivity index (χ0n) is 14.2. The highest BCUT2D eigenvalue weighted by Crippen LogP contribution is 2.31. The standard InChI is InChI=1S/C21H17NO4/c1-13-2-6-18-16(10-13)17(21(23)24)12-15(22-18)5-3-14-4-7-19-20(11-14)26-9-8-25-19/h2-7,10-12H,8-9H2,1H3,(H,23,24)/b5-3+. The van der Waals surface area contributed by atoms with Crippen LogP contribution in [0, 0.1) is 6.92 Å². The van der Waals surface area contributed by atoms with Gasteiger partial charge < -0.3 is 14.6 Å². The lowest BCUT2D eigenvalue weighted by atomic mass is 10.0. The number of pyridine rings is 1. The van der Waals surface area contributed by atoms with Crippen LogP contribution in [0.1, 0.15) is 27.2 Å². The third-order valence-electron chi connectivity index (χ3n) is 4.23. The van der Waals surface area contributed by atoms with E-state index in [4.69, 9.17) is 9.47 Å². The molecule has 0 spiro atoms. The molecule has 0 aliphatic carbocycles. The molecule has 0 atom stereocenters. The monoisotopic (exact) mass is 347 g/mol. The number of carboxylic acids is 1. The van der Waals surface area contributed by atoms with Gasteiger partial charge in [-0.2, -0.15) is 0 Å². The maximum atomic E-state index is 11.6. The summed E-state index contributed by atoms with van der Waals surface area (Å²) in [7, 11) is 0. The van der Waals surface area contributed by atoms with Crippen LogP contribution in [-0.2, 0) is 0 Å². The van der Waals surface area contributed by atoms with Crippen molar-refractivity contribution in [2.45, 2.75) is 6.92 Å². The van der Waals surface area contributed by atoms with Crippen molar-refractivity contribution in [1.29, 1.82) is 0 Å². The second kappa shape index (κ2) is 6.52. The summed E-state index contributed by atoms with van der Waals surface area (Å²) in [5.41, 5.74) is 3.43. The van der Waals surface area contributed by atoms with Gasteiger partial charge in [0.15, 0.2) is 11.5 Å². The first-order valence-electron chi connectivity index (χ1n) is 8.32. The highest BCUT2D eigenvalue weighted by atomic mass is 16.6. The van der Waals surface area contributed by atoms with Crippen LogP contribution in [0.15, 0.2) is 42.5 Å². The molecule has 4 rings (SSSR count). The quantitative estimate of drug-likeness (QED) is 0.770. The smallest absolute Gasteiger partial charge is 0.336 e. The predicted molar refractivity (Wildman–Crippen MR) is 99.8 cm³/mol. The Morgan fingerprint density at radius 3 is 2.65 bits per heavy atom. The lowest BCUT2D eigenvalue weighted by Crippen LogP contribution is -2.15. The van der Waals surface area contributed by atoms with Gasteiger partial charge in [0.2, 0.25) is 0 Å². The van der Waals surface area contributed by atoms with Crippen LogP contribution in [-0.4, -0.2) is 29.3 Å². The van der Waals surface area contributed by atoms with Gasteiger partial charge in [0.05, 0.1) is 16.8 Å². The number of aromatic nitrogens is 1. The molecule has 26 heavy (non-hydrogen) atoms. The Balaban J connectivity index is 1.72. The minimum atomic E-state index is -0.961. The molecular weight excluding hydrogens is 330 g/mol. The number of carboxylic acid groups (broad SMARTS) is 1. The second-order valence-electron chi connectivity index (χ2n) is 6.16. The van der Waals surface area contributed by atoms with E-state index < -0.39 is 5.97 Å². The Hall–Kier alpha value is -3.34. The number of aromatic carboxylic acids is 1. The number of aryl methyl sites for hydroxylation is 1. The molecule has 2 aromatic carbocycles. The van der Waals surface area contributed by atoms with Gasteiger partial charge in [-0.05, 0) is 48.9 Å². The Bertz CT molecular complexity index is 1040. The molecule has 1 N–H and O–H groups in total. The molecule has 0 bridgehead atoms. The molecule has 0 saturated heterocycles. The van der Waals surface area contributed by atoms with Crippen molar-refractivity contribution in [3.8, 4) is 11.5 Å². The van der Waals surface area contributed by atoms with Crippen LogP contribution in [0.3, 0.4) is 0 Å². The van der Waals surface area contributed by atoms with Crippen molar-refractivity contribution in [3.63, 3.8) is 0 Å². The number of benzene rings is 2. The molecule has 130 valence electrons. The van der Waals surface area contributed by atoms with Gasteiger partial charge in [0, 0.05) is 5.39 Å². The zero-order valence-corrected chi connectivity index (χ0v) is 14.2. The van der Waals surface area contributed by atoms with Crippen LogP contribution in [0.25, 0.3) is 23.1 Å². The predicted octanol–water partition coefficient (Wildman–Crippen LogP) is 4.18. The van der Waals surface area contributed by atoms with Crippen LogP contribution in [0.5, 0.6) is 11.5 Å². The first-order valence-corrected chi connectivity index (χ1v) is 8.32. The molecular formula is C21H17NO4. The summed E-state index contributed by atoms with van der Waals surface area (Å²) in [4.78, 5) is 16.2. The second-order valence-corrected chi connectivity index (χ2v) is 6.16. The highest BCUT2D eigenvalue weighted by Gasteiger charge is 2.12. The number of fused-ring (bicyclic) bond motifs is 2. The lowest BCUT2D eigenvalue weighted by molar-refractivity contribution is 0.0699. The van der Waals surface area contributed by atoms with E-state index >= 15 is 0 Å². The van der Waals surface area contributed by atoms with Gasteiger partial charge in [-0.25, -0.2) is 9.78 Å². The van der Waals surface area contributed by atoms with E-state index in [1.54, 1.807) is 12.1 Å². The topological polar surface area (TPSA) is 68.7 Å². The van der Waals surface area contributed by atoms with Crippen molar-refractivity contribution in [1.82, 2.24) is 4.98 Å². The Morgan fingerprint density at radius 2 is 1.85 bits per heavy atom. The average Bonchev–Trinajstić information content (AvgIpc) is 2.65. The van der Waals surface area contributed by atoms with E-state index in [1.165, 1.54) is 0 Å². The summed E-state index contributed by atoms with van der Waals surface area (Å²) in [5, 5.41) is 10.2. The fraction of sp³-hybridized carbons (Fsp3) is 0.143. The molecule has 3 aromatic rings. The SMILES string of the molecule is Cc1ccc2nc(/C=C/c3ccc4c(c3)OCCO4)cc(C(=O)O)c2c1. The molecule has 0 saturated carbocycles. The molecule has 1 aliphatic heterocycles. The number of ether oxygens (including phenoxy) is 2. The van der Waals surface area contributed by atoms with E-state index in [1.807, 2.05) is 49.4 Å². The Kier molecular flexibility index (Phi) is 4.05. The fourth-order valence-electron chi connectivity index (χ4n) is 2.97. The molecule has 0 amide bonds. The Morgan fingerprint density at radius 1 is 1.04 bits per heavy atom. The summed E-state index contributed by atoms with van der Waals surface area (Å²) in [6, 6.07) is 12.9. The normalized spacial score (nSPS) is 13.3. The van der Waals surface area contributed by atoms with Crippen molar-refractivity contribution in [2.24, 2.45) is 0 Å². The van der Waals surface area contributed by atoms with Crippen molar-refractivity contribution in [3.05, 3.63) is 64.8 Å². The van der Waals surface area contributed by atoms with Crippen molar-refractivity contribution < 1.29 is 19.4 Å². The minimum absolute atomic E-state index is 0.250. The van der Waals surface area contributed by atoms with E-state index in [-0.39, 0.29) is 5.56 Å². The van der Waals surface area contributed by atoms with Gasteiger partial charge >= 0.3 is 5.97 Å². The average molecular weight is 347 g/mol. The highest BCUT2D eigenvalue weighted by molar-refractivity contribution is 6.03. The molecule has 0 fully saturated rings. The first-order chi connectivity index (χ1) is 12.6. The first kappa shape index (κ1) is 16.1. The third-order valence-corrected chi connectivity index (χ3v) is 4.23.